The summed E-state index contributed by atoms with van der Waals surface area (Å²) in [6, 6.07) is 0. The zero-order valence-corrected chi connectivity index (χ0v) is 12.3. The molecule has 2 unspecified atom stereocenters. The van der Waals surface area contributed by atoms with E-state index < -0.39 is 17.8 Å². The summed E-state index contributed by atoms with van der Waals surface area (Å²) in [6.07, 6.45) is 2.84. The van der Waals surface area contributed by atoms with Crippen LogP contribution in [0.25, 0.3) is 0 Å². The largest absolute Gasteiger partial charge is 0.405 e. The van der Waals surface area contributed by atoms with Crippen LogP contribution in [0.3, 0.4) is 0 Å². The SMILES string of the molecule is CC1(C)C(C=C(Cl)Cl)C1C(=O)Oc1nc[nH]c1C(N)=O. The maximum Gasteiger partial charge on any atom is 0.316 e. The first kappa shape index (κ1) is 14.9. The van der Waals surface area contributed by atoms with Crippen molar-refractivity contribution in [3.63, 3.8) is 0 Å². The smallest absolute Gasteiger partial charge is 0.316 e. The van der Waals surface area contributed by atoms with Crippen molar-refractivity contribution < 1.29 is 14.3 Å². The van der Waals surface area contributed by atoms with Crippen LogP contribution in [0.15, 0.2) is 16.9 Å². The molecule has 3 N–H and O–H groups in total. The predicted molar refractivity (Wildman–Crippen MR) is 73.3 cm³/mol. The number of carbonyl (C=O) groups excluding carboxylic acids is 2. The van der Waals surface area contributed by atoms with Gasteiger partial charge in [-0.3, -0.25) is 9.59 Å². The van der Waals surface area contributed by atoms with Crippen LogP contribution < -0.4 is 10.5 Å². The number of rotatable bonds is 4. The Kier molecular flexibility index (Phi) is 3.80. The maximum absolute atomic E-state index is 12.1. The average Bonchev–Trinajstić information content (AvgIpc) is 2.70. The number of halogens is 2. The van der Waals surface area contributed by atoms with Gasteiger partial charge in [0.2, 0.25) is 0 Å². The number of esters is 1. The summed E-state index contributed by atoms with van der Waals surface area (Å²) in [5.74, 6) is -1.88. The fourth-order valence-corrected chi connectivity index (χ4v) is 2.54. The standard InChI is InChI=1S/C12H13Cl2N3O3/c1-12(2)5(3-6(13)14)7(12)11(19)20-10-8(9(15)18)16-4-17-10/h3-5,7H,1-2H3,(H2,15,18)(H,16,17). The summed E-state index contributed by atoms with van der Waals surface area (Å²) < 4.78 is 5.23. The van der Waals surface area contributed by atoms with Gasteiger partial charge in [0.15, 0.2) is 5.69 Å². The Hall–Kier alpha value is -1.53. The van der Waals surface area contributed by atoms with E-state index in [1.807, 2.05) is 13.8 Å². The normalized spacial score (nSPS) is 23.0. The van der Waals surface area contributed by atoms with Crippen molar-refractivity contribution in [1.82, 2.24) is 9.97 Å². The van der Waals surface area contributed by atoms with Gasteiger partial charge < -0.3 is 15.5 Å². The molecule has 1 heterocycles. The van der Waals surface area contributed by atoms with Crippen LogP contribution in [0.1, 0.15) is 24.3 Å². The van der Waals surface area contributed by atoms with Gasteiger partial charge in [0.05, 0.1) is 12.2 Å². The second-order valence-corrected chi connectivity index (χ2v) is 6.16. The Balaban J connectivity index is 2.12. The molecule has 1 amide bonds. The molecule has 0 saturated heterocycles. The van der Waals surface area contributed by atoms with Crippen LogP contribution >= 0.6 is 23.2 Å². The van der Waals surface area contributed by atoms with Crippen molar-refractivity contribution in [2.45, 2.75) is 13.8 Å². The van der Waals surface area contributed by atoms with Crippen LogP contribution in [0.4, 0.5) is 0 Å². The summed E-state index contributed by atoms with van der Waals surface area (Å²) in [4.78, 5) is 29.5. The lowest BCUT2D eigenvalue weighted by Crippen LogP contribution is -2.18. The lowest BCUT2D eigenvalue weighted by molar-refractivity contribution is -0.137. The molecule has 8 heteroatoms. The lowest BCUT2D eigenvalue weighted by Gasteiger charge is -2.03. The summed E-state index contributed by atoms with van der Waals surface area (Å²) in [5, 5.41) is 0. The van der Waals surface area contributed by atoms with E-state index >= 15 is 0 Å². The molecule has 0 aromatic carbocycles. The maximum atomic E-state index is 12.1. The van der Waals surface area contributed by atoms with Crippen molar-refractivity contribution in [2.75, 3.05) is 0 Å². The number of aromatic nitrogens is 2. The number of H-pyrrole nitrogens is 1. The third kappa shape index (κ3) is 2.66. The highest BCUT2D eigenvalue weighted by Gasteiger charge is 2.61. The quantitative estimate of drug-likeness (QED) is 0.830. The second-order valence-electron chi connectivity index (χ2n) is 5.15. The fraction of sp³-hybridized carbons (Fsp3) is 0.417. The molecule has 0 radical (unpaired) electrons. The molecule has 0 spiro atoms. The molecule has 1 fully saturated rings. The molecule has 1 saturated carbocycles. The van der Waals surface area contributed by atoms with E-state index in [0.29, 0.717) is 0 Å². The van der Waals surface area contributed by atoms with E-state index in [2.05, 4.69) is 9.97 Å². The summed E-state index contributed by atoms with van der Waals surface area (Å²) in [5.41, 5.74) is 4.77. The summed E-state index contributed by atoms with van der Waals surface area (Å²) >= 11 is 11.2. The average molecular weight is 318 g/mol. The third-order valence-electron chi connectivity index (χ3n) is 3.52. The van der Waals surface area contributed by atoms with Crippen LogP contribution in [0, 0.1) is 17.3 Å². The van der Waals surface area contributed by atoms with E-state index in [1.54, 1.807) is 6.08 Å². The molecule has 1 aliphatic rings. The second kappa shape index (κ2) is 5.10. The Labute approximate surface area is 125 Å². The van der Waals surface area contributed by atoms with E-state index in [1.165, 1.54) is 6.33 Å². The number of carbonyl (C=O) groups is 2. The minimum Gasteiger partial charge on any atom is -0.405 e. The Morgan fingerprint density at radius 1 is 1.50 bits per heavy atom. The van der Waals surface area contributed by atoms with E-state index in [0.717, 1.165) is 0 Å². The Morgan fingerprint density at radius 3 is 2.70 bits per heavy atom. The first-order chi connectivity index (χ1) is 9.25. The first-order valence-corrected chi connectivity index (χ1v) is 6.58. The van der Waals surface area contributed by atoms with Gasteiger partial charge in [-0.25, -0.2) is 4.98 Å². The number of nitrogens with one attached hydrogen (secondary N) is 1. The highest BCUT2D eigenvalue weighted by Crippen LogP contribution is 2.60. The van der Waals surface area contributed by atoms with Crippen LogP contribution in [0.2, 0.25) is 0 Å². The summed E-state index contributed by atoms with van der Waals surface area (Å²) in [6.45, 7) is 3.80. The molecule has 6 nitrogen and oxygen atoms in total. The van der Waals surface area contributed by atoms with Gasteiger partial charge in [-0.15, -0.1) is 0 Å². The fourth-order valence-electron chi connectivity index (χ4n) is 2.27. The molecule has 2 rings (SSSR count). The van der Waals surface area contributed by atoms with Gasteiger partial charge in [-0.1, -0.05) is 37.0 Å². The van der Waals surface area contributed by atoms with E-state index in [4.69, 9.17) is 33.7 Å². The predicted octanol–water partition coefficient (Wildman–Crippen LogP) is 2.01. The van der Waals surface area contributed by atoms with Gasteiger partial charge in [-0.05, 0) is 17.4 Å². The molecule has 2 atom stereocenters. The minimum atomic E-state index is -0.749. The topological polar surface area (TPSA) is 98.1 Å². The number of hydrogen-bond donors (Lipinski definition) is 2. The van der Waals surface area contributed by atoms with E-state index in [-0.39, 0.29) is 27.4 Å². The van der Waals surface area contributed by atoms with Crippen LogP contribution in [0.5, 0.6) is 5.88 Å². The van der Waals surface area contributed by atoms with Crippen molar-refractivity contribution in [1.29, 1.82) is 0 Å². The zero-order valence-electron chi connectivity index (χ0n) is 10.8. The molecular weight excluding hydrogens is 305 g/mol. The highest BCUT2D eigenvalue weighted by molar-refractivity contribution is 6.55. The van der Waals surface area contributed by atoms with Crippen LogP contribution in [-0.2, 0) is 4.79 Å². The molecular formula is C12H13Cl2N3O3. The highest BCUT2D eigenvalue weighted by atomic mass is 35.5. The van der Waals surface area contributed by atoms with Gasteiger partial charge >= 0.3 is 5.97 Å². The molecule has 108 valence electrons. The number of ether oxygens (including phenoxy) is 1. The third-order valence-corrected chi connectivity index (χ3v) is 3.77. The molecule has 1 aromatic heterocycles. The molecule has 0 bridgehead atoms. The number of primary amides is 1. The van der Waals surface area contributed by atoms with Crippen molar-refractivity contribution in [3.8, 4) is 5.88 Å². The minimum absolute atomic E-state index is 0.0423. The molecule has 20 heavy (non-hydrogen) atoms. The van der Waals surface area contributed by atoms with Gasteiger partial charge in [0.25, 0.3) is 11.8 Å². The monoisotopic (exact) mass is 317 g/mol. The van der Waals surface area contributed by atoms with E-state index in [9.17, 15) is 9.59 Å². The molecule has 1 aliphatic carbocycles. The number of amides is 1. The number of hydrogen-bond acceptors (Lipinski definition) is 4. The molecule has 1 aromatic rings. The Bertz CT molecular complexity index is 591. The number of nitrogens with zero attached hydrogens (tertiary/aromatic N) is 1. The number of allylic oxidation sites excluding steroid dienone is 1. The number of imidazole rings is 1. The number of nitrogens with two attached hydrogens (primary N) is 1. The first-order valence-electron chi connectivity index (χ1n) is 5.82. The van der Waals surface area contributed by atoms with Gasteiger partial charge in [0, 0.05) is 0 Å². The zero-order chi connectivity index (χ0) is 15.1. The summed E-state index contributed by atoms with van der Waals surface area (Å²) in [7, 11) is 0. The lowest BCUT2D eigenvalue weighted by atomic mass is 10.1. The van der Waals surface area contributed by atoms with Gasteiger partial charge in [0.1, 0.15) is 4.49 Å². The van der Waals surface area contributed by atoms with Crippen LogP contribution in [-0.4, -0.2) is 21.8 Å². The van der Waals surface area contributed by atoms with Gasteiger partial charge in [-0.2, -0.15) is 0 Å². The van der Waals surface area contributed by atoms with Crippen molar-refractivity contribution >= 4 is 35.1 Å². The van der Waals surface area contributed by atoms with Crippen molar-refractivity contribution in [3.05, 3.63) is 22.6 Å². The Morgan fingerprint density at radius 2 is 2.15 bits per heavy atom. The molecule has 0 aliphatic heterocycles. The number of aromatic amines is 1. The van der Waals surface area contributed by atoms with Crippen molar-refractivity contribution in [2.24, 2.45) is 23.0 Å².